The summed E-state index contributed by atoms with van der Waals surface area (Å²) < 4.78 is 5.19. The van der Waals surface area contributed by atoms with E-state index in [0.29, 0.717) is 12.1 Å². The Bertz CT molecular complexity index is 734. The summed E-state index contributed by atoms with van der Waals surface area (Å²) in [6.45, 7) is 7.74. The van der Waals surface area contributed by atoms with Crippen LogP contribution in [0.15, 0.2) is 54.6 Å². The third-order valence-electron chi connectivity index (χ3n) is 3.70. The fraction of sp³-hybridized carbons (Fsp3) is 0.333. The highest BCUT2D eigenvalue weighted by molar-refractivity contribution is 5.94. The lowest BCUT2D eigenvalue weighted by Gasteiger charge is -2.19. The van der Waals surface area contributed by atoms with Crippen LogP contribution in [0.1, 0.15) is 55.2 Å². The summed E-state index contributed by atoms with van der Waals surface area (Å²) in [5, 5.41) is 5.68. The molecule has 5 nitrogen and oxygen atoms in total. The van der Waals surface area contributed by atoms with Crippen LogP contribution in [-0.2, 0) is 11.3 Å². The van der Waals surface area contributed by atoms with E-state index in [-0.39, 0.29) is 11.9 Å². The molecule has 2 amide bonds. The first-order valence-corrected chi connectivity index (χ1v) is 8.66. The van der Waals surface area contributed by atoms with Gasteiger partial charge in [0.15, 0.2) is 0 Å². The molecule has 0 bridgehead atoms. The Morgan fingerprint density at radius 1 is 1.00 bits per heavy atom. The van der Waals surface area contributed by atoms with E-state index in [1.807, 2.05) is 70.2 Å². The third kappa shape index (κ3) is 6.24. The van der Waals surface area contributed by atoms with Crippen molar-refractivity contribution < 1.29 is 14.3 Å². The van der Waals surface area contributed by atoms with Gasteiger partial charge in [0.2, 0.25) is 0 Å². The molecule has 0 fully saturated rings. The molecule has 0 unspecified atom stereocenters. The normalized spacial score (nSPS) is 12.2. The molecule has 138 valence electrons. The smallest absolute Gasteiger partial charge is 0.407 e. The molecule has 26 heavy (non-hydrogen) atoms. The molecule has 0 heterocycles. The molecule has 2 aromatic rings. The number of carbonyl (C=O) groups excluding carboxylic acids is 2. The second-order valence-electron chi connectivity index (χ2n) is 7.16. The molecule has 0 spiro atoms. The van der Waals surface area contributed by atoms with Gasteiger partial charge in [0.1, 0.15) is 5.60 Å². The van der Waals surface area contributed by atoms with Crippen molar-refractivity contribution in [3.05, 3.63) is 71.3 Å². The summed E-state index contributed by atoms with van der Waals surface area (Å²) in [5.74, 6) is -0.131. The average Bonchev–Trinajstić information content (AvgIpc) is 2.59. The number of rotatable bonds is 5. The molecule has 5 heteroatoms. The lowest BCUT2D eigenvalue weighted by molar-refractivity contribution is 0.0523. The van der Waals surface area contributed by atoms with E-state index in [4.69, 9.17) is 4.74 Å². The van der Waals surface area contributed by atoms with Gasteiger partial charge in [-0.3, -0.25) is 4.79 Å². The molecule has 0 radical (unpaired) electrons. The fourth-order valence-corrected chi connectivity index (χ4v) is 2.37. The van der Waals surface area contributed by atoms with E-state index in [2.05, 4.69) is 10.6 Å². The highest BCUT2D eigenvalue weighted by Gasteiger charge is 2.16. The van der Waals surface area contributed by atoms with Gasteiger partial charge in [0.25, 0.3) is 5.91 Å². The third-order valence-corrected chi connectivity index (χ3v) is 3.70. The van der Waals surface area contributed by atoms with Crippen LogP contribution in [0.5, 0.6) is 0 Å². The Morgan fingerprint density at radius 2 is 1.62 bits per heavy atom. The van der Waals surface area contributed by atoms with Crippen LogP contribution in [0.3, 0.4) is 0 Å². The Kier molecular flexibility index (Phi) is 6.39. The predicted molar refractivity (Wildman–Crippen MR) is 102 cm³/mol. The number of hydrogen-bond donors (Lipinski definition) is 2. The Balaban J connectivity index is 1.88. The van der Waals surface area contributed by atoms with Crippen molar-refractivity contribution in [1.82, 2.24) is 10.6 Å². The summed E-state index contributed by atoms with van der Waals surface area (Å²) >= 11 is 0. The zero-order valence-electron chi connectivity index (χ0n) is 15.7. The quantitative estimate of drug-likeness (QED) is 0.845. The first kappa shape index (κ1) is 19.5. The van der Waals surface area contributed by atoms with Crippen LogP contribution in [0.4, 0.5) is 4.79 Å². The van der Waals surface area contributed by atoms with Crippen LogP contribution in [-0.4, -0.2) is 17.6 Å². The SMILES string of the molecule is C[C@@H](NC(=O)c1ccc(CNC(=O)OC(C)(C)C)cc1)c1ccccc1. The van der Waals surface area contributed by atoms with Crippen molar-refractivity contribution in [3.8, 4) is 0 Å². The maximum Gasteiger partial charge on any atom is 0.407 e. The molecular formula is C21H26N2O3. The minimum Gasteiger partial charge on any atom is -0.444 e. The maximum atomic E-state index is 12.4. The number of hydrogen-bond acceptors (Lipinski definition) is 3. The number of benzene rings is 2. The topological polar surface area (TPSA) is 67.4 Å². The molecule has 1 atom stereocenters. The van der Waals surface area contributed by atoms with Crippen molar-refractivity contribution in [2.24, 2.45) is 0 Å². The standard InChI is InChI=1S/C21H26N2O3/c1-15(17-8-6-5-7-9-17)23-19(24)18-12-10-16(11-13-18)14-22-20(25)26-21(2,3)4/h5-13,15H,14H2,1-4H3,(H,22,25)(H,23,24)/t15-/m1/s1. The van der Waals surface area contributed by atoms with Gasteiger partial charge in [0.05, 0.1) is 6.04 Å². The zero-order chi connectivity index (χ0) is 19.2. The summed E-state index contributed by atoms with van der Waals surface area (Å²) in [4.78, 5) is 24.0. The summed E-state index contributed by atoms with van der Waals surface area (Å²) in [7, 11) is 0. The van der Waals surface area contributed by atoms with E-state index in [0.717, 1.165) is 11.1 Å². The van der Waals surface area contributed by atoms with Crippen molar-refractivity contribution in [3.63, 3.8) is 0 Å². The highest BCUT2D eigenvalue weighted by Crippen LogP contribution is 2.13. The van der Waals surface area contributed by atoms with E-state index in [9.17, 15) is 9.59 Å². The first-order chi connectivity index (χ1) is 12.2. The van der Waals surface area contributed by atoms with Crippen molar-refractivity contribution in [1.29, 1.82) is 0 Å². The van der Waals surface area contributed by atoms with Gasteiger partial charge >= 0.3 is 6.09 Å². The molecule has 0 aliphatic heterocycles. The second-order valence-corrected chi connectivity index (χ2v) is 7.16. The van der Waals surface area contributed by atoms with Crippen LogP contribution < -0.4 is 10.6 Å². The highest BCUT2D eigenvalue weighted by atomic mass is 16.6. The van der Waals surface area contributed by atoms with Gasteiger partial charge < -0.3 is 15.4 Å². The van der Waals surface area contributed by atoms with Gasteiger partial charge in [-0.15, -0.1) is 0 Å². The molecule has 2 N–H and O–H groups in total. The van der Waals surface area contributed by atoms with Gasteiger partial charge in [-0.1, -0.05) is 42.5 Å². The molecule has 2 aromatic carbocycles. The zero-order valence-corrected chi connectivity index (χ0v) is 15.7. The molecule has 0 aliphatic rings. The van der Waals surface area contributed by atoms with E-state index < -0.39 is 11.7 Å². The summed E-state index contributed by atoms with van der Waals surface area (Å²) in [6.07, 6.45) is -0.462. The molecule has 0 saturated heterocycles. The Morgan fingerprint density at radius 3 is 2.19 bits per heavy atom. The largest absolute Gasteiger partial charge is 0.444 e. The van der Waals surface area contributed by atoms with E-state index in [1.165, 1.54) is 0 Å². The van der Waals surface area contributed by atoms with Crippen molar-refractivity contribution >= 4 is 12.0 Å². The molecule has 0 aliphatic carbocycles. The predicted octanol–water partition coefficient (Wildman–Crippen LogP) is 4.20. The molecular weight excluding hydrogens is 328 g/mol. The van der Waals surface area contributed by atoms with E-state index >= 15 is 0 Å². The first-order valence-electron chi connectivity index (χ1n) is 8.66. The maximum absolute atomic E-state index is 12.4. The minimum absolute atomic E-state index is 0.0720. The van der Waals surface area contributed by atoms with E-state index in [1.54, 1.807) is 12.1 Å². The van der Waals surface area contributed by atoms with Crippen LogP contribution in [0.2, 0.25) is 0 Å². The number of carbonyl (C=O) groups is 2. The van der Waals surface area contributed by atoms with Crippen molar-refractivity contribution in [2.75, 3.05) is 0 Å². The second kappa shape index (κ2) is 8.52. The Labute approximate surface area is 154 Å². The van der Waals surface area contributed by atoms with Gasteiger partial charge in [-0.2, -0.15) is 0 Å². The van der Waals surface area contributed by atoms with Crippen molar-refractivity contribution in [2.45, 2.75) is 45.9 Å². The number of nitrogens with one attached hydrogen (secondary N) is 2. The van der Waals surface area contributed by atoms with Gasteiger partial charge in [0, 0.05) is 12.1 Å². The van der Waals surface area contributed by atoms with Crippen LogP contribution in [0, 0.1) is 0 Å². The minimum atomic E-state index is -0.526. The number of alkyl carbamates (subject to hydrolysis) is 1. The van der Waals surface area contributed by atoms with Crippen LogP contribution >= 0.6 is 0 Å². The van der Waals surface area contributed by atoms with Gasteiger partial charge in [-0.25, -0.2) is 4.79 Å². The fourth-order valence-electron chi connectivity index (χ4n) is 2.37. The van der Waals surface area contributed by atoms with Crippen LogP contribution in [0.25, 0.3) is 0 Å². The Hall–Kier alpha value is -2.82. The summed E-state index contributed by atoms with van der Waals surface area (Å²) in [5.41, 5.74) is 2.00. The lowest BCUT2D eigenvalue weighted by Crippen LogP contribution is -2.32. The molecule has 0 saturated carbocycles. The monoisotopic (exact) mass is 354 g/mol. The molecule has 2 rings (SSSR count). The number of amides is 2. The summed E-state index contributed by atoms with van der Waals surface area (Å²) in [6, 6.07) is 16.9. The molecule has 0 aromatic heterocycles. The number of ether oxygens (including phenoxy) is 1. The lowest BCUT2D eigenvalue weighted by atomic mass is 10.1. The average molecular weight is 354 g/mol. The van der Waals surface area contributed by atoms with Gasteiger partial charge in [-0.05, 0) is 51.0 Å².